The maximum atomic E-state index is 11.5. The predicted octanol–water partition coefficient (Wildman–Crippen LogP) is 3.09. The van der Waals surface area contributed by atoms with Crippen LogP contribution in [-0.4, -0.2) is 11.2 Å². The molecule has 1 aromatic carbocycles. The fraction of sp³-hybridized carbons (Fsp3) is 0.300. The molecular weight excluding hydrogens is 204 g/mol. The van der Waals surface area contributed by atoms with Gasteiger partial charge in [0.1, 0.15) is 0 Å². The van der Waals surface area contributed by atoms with Crippen molar-refractivity contribution in [2.24, 2.45) is 0 Å². The van der Waals surface area contributed by atoms with Crippen LogP contribution in [0.1, 0.15) is 22.8 Å². The van der Waals surface area contributed by atoms with E-state index in [0.717, 1.165) is 10.5 Å². The van der Waals surface area contributed by atoms with Crippen LogP contribution in [0.2, 0.25) is 0 Å². The van der Waals surface area contributed by atoms with E-state index in [1.54, 1.807) is 13.0 Å². The summed E-state index contributed by atoms with van der Waals surface area (Å²) in [5, 5.41) is -0.477. The third-order valence-electron chi connectivity index (χ3n) is 1.71. The molecule has 70 valence electrons. The number of aryl methyl sites for hydroxylation is 1. The van der Waals surface area contributed by atoms with Gasteiger partial charge in [-0.25, -0.2) is 0 Å². The van der Waals surface area contributed by atoms with E-state index in [0.29, 0.717) is 5.56 Å². The quantitative estimate of drug-likeness (QED) is 0.455. The predicted molar refractivity (Wildman–Crippen MR) is 58.1 cm³/mol. The molecule has 0 radical (unpaired) electrons. The zero-order valence-electron chi connectivity index (χ0n) is 7.54. The van der Waals surface area contributed by atoms with E-state index >= 15 is 0 Å². The minimum absolute atomic E-state index is 0.0549. The number of benzene rings is 1. The molecule has 3 heteroatoms. The Morgan fingerprint density at radius 3 is 2.54 bits per heavy atom. The zero-order valence-corrected chi connectivity index (χ0v) is 9.19. The summed E-state index contributed by atoms with van der Waals surface area (Å²) < 4.78 is 0. The van der Waals surface area contributed by atoms with Gasteiger partial charge in [0.05, 0.1) is 5.38 Å². The number of carbonyl (C=O) groups excluding carboxylic acids is 1. The van der Waals surface area contributed by atoms with Gasteiger partial charge in [-0.05, 0) is 37.6 Å². The van der Waals surface area contributed by atoms with Crippen molar-refractivity contribution < 1.29 is 4.79 Å². The fourth-order valence-corrected chi connectivity index (χ4v) is 1.60. The Hall–Kier alpha value is -0.470. The van der Waals surface area contributed by atoms with Crippen molar-refractivity contribution >= 4 is 30.0 Å². The lowest BCUT2D eigenvalue weighted by Gasteiger charge is -2.04. The third kappa shape index (κ3) is 2.75. The molecule has 0 N–H and O–H groups in total. The minimum atomic E-state index is -0.477. The van der Waals surface area contributed by atoms with Gasteiger partial charge in [-0.2, -0.15) is 0 Å². The minimum Gasteiger partial charge on any atom is -0.293 e. The van der Waals surface area contributed by atoms with Crippen LogP contribution in [0, 0.1) is 6.92 Å². The Bertz CT molecular complexity index is 313. The molecule has 0 amide bonds. The van der Waals surface area contributed by atoms with Crippen molar-refractivity contribution in [3.8, 4) is 0 Å². The van der Waals surface area contributed by atoms with Gasteiger partial charge < -0.3 is 0 Å². The summed E-state index contributed by atoms with van der Waals surface area (Å²) in [6.45, 7) is 3.60. The first-order valence-corrected chi connectivity index (χ1v) is 4.88. The van der Waals surface area contributed by atoms with E-state index in [1.165, 1.54) is 0 Å². The molecule has 0 aromatic heterocycles. The highest BCUT2D eigenvalue weighted by Gasteiger charge is 2.12. The molecule has 0 aliphatic heterocycles. The first-order valence-electron chi connectivity index (χ1n) is 3.99. The molecular formula is C10H11ClOS. The second-order valence-corrected chi connectivity index (χ2v) is 4.21. The molecule has 1 nitrogen and oxygen atoms in total. The number of carbonyl (C=O) groups is 1. The summed E-state index contributed by atoms with van der Waals surface area (Å²) in [4.78, 5) is 12.3. The van der Waals surface area contributed by atoms with Crippen molar-refractivity contribution in [2.75, 3.05) is 0 Å². The van der Waals surface area contributed by atoms with Crippen molar-refractivity contribution in [2.45, 2.75) is 24.1 Å². The Morgan fingerprint density at radius 1 is 1.46 bits per heavy atom. The van der Waals surface area contributed by atoms with Crippen LogP contribution < -0.4 is 0 Å². The first-order chi connectivity index (χ1) is 6.00. The van der Waals surface area contributed by atoms with Crippen LogP contribution in [0.3, 0.4) is 0 Å². The second kappa shape index (κ2) is 4.16. The van der Waals surface area contributed by atoms with Crippen molar-refractivity contribution in [1.82, 2.24) is 0 Å². The molecule has 0 aliphatic carbocycles. The molecule has 0 saturated carbocycles. The van der Waals surface area contributed by atoms with Gasteiger partial charge in [0.15, 0.2) is 5.78 Å². The van der Waals surface area contributed by atoms with E-state index < -0.39 is 5.38 Å². The van der Waals surface area contributed by atoms with Crippen LogP contribution in [0.25, 0.3) is 0 Å². The highest BCUT2D eigenvalue weighted by atomic mass is 35.5. The number of halogens is 1. The largest absolute Gasteiger partial charge is 0.293 e. The first kappa shape index (κ1) is 10.6. The van der Waals surface area contributed by atoms with Gasteiger partial charge in [-0.3, -0.25) is 4.79 Å². The van der Waals surface area contributed by atoms with Crippen molar-refractivity contribution in [1.29, 1.82) is 0 Å². The summed E-state index contributed by atoms with van der Waals surface area (Å²) in [7, 11) is 0. The summed E-state index contributed by atoms with van der Waals surface area (Å²) in [6.07, 6.45) is 0. The molecule has 0 saturated heterocycles. The number of ketones is 1. The number of hydrogen-bond acceptors (Lipinski definition) is 2. The van der Waals surface area contributed by atoms with E-state index in [9.17, 15) is 4.79 Å². The van der Waals surface area contributed by atoms with Crippen LogP contribution in [-0.2, 0) is 0 Å². The number of thiol groups is 1. The molecule has 1 aromatic rings. The highest BCUT2D eigenvalue weighted by Crippen LogP contribution is 2.15. The molecule has 1 rings (SSSR count). The van der Waals surface area contributed by atoms with E-state index in [2.05, 4.69) is 12.6 Å². The van der Waals surface area contributed by atoms with Gasteiger partial charge in [0.25, 0.3) is 0 Å². The van der Waals surface area contributed by atoms with Crippen LogP contribution in [0.15, 0.2) is 23.1 Å². The maximum absolute atomic E-state index is 11.5. The SMILES string of the molecule is Cc1cc(S)cc(C(=O)C(C)Cl)c1. The molecule has 0 aliphatic rings. The molecule has 0 heterocycles. The molecule has 0 fully saturated rings. The van der Waals surface area contributed by atoms with Crippen LogP contribution in [0.4, 0.5) is 0 Å². The lowest BCUT2D eigenvalue weighted by molar-refractivity contribution is 0.0991. The average molecular weight is 215 g/mol. The molecule has 1 unspecified atom stereocenters. The average Bonchev–Trinajstić information content (AvgIpc) is 2.01. The fourth-order valence-electron chi connectivity index (χ4n) is 1.13. The third-order valence-corrected chi connectivity index (χ3v) is 2.16. The number of Topliss-reactive ketones (excluding diaryl/α,β-unsaturated/α-hetero) is 1. The Kier molecular flexibility index (Phi) is 3.40. The molecule has 13 heavy (non-hydrogen) atoms. The highest BCUT2D eigenvalue weighted by molar-refractivity contribution is 7.80. The number of alkyl halides is 1. The lowest BCUT2D eigenvalue weighted by atomic mass is 10.1. The van der Waals surface area contributed by atoms with E-state index in [4.69, 9.17) is 11.6 Å². The van der Waals surface area contributed by atoms with E-state index in [1.807, 2.05) is 19.1 Å². The van der Waals surface area contributed by atoms with E-state index in [-0.39, 0.29) is 5.78 Å². The van der Waals surface area contributed by atoms with Crippen molar-refractivity contribution in [3.05, 3.63) is 29.3 Å². The molecule has 1 atom stereocenters. The summed E-state index contributed by atoms with van der Waals surface area (Å²) in [5.74, 6) is -0.0549. The topological polar surface area (TPSA) is 17.1 Å². The van der Waals surface area contributed by atoms with Gasteiger partial charge >= 0.3 is 0 Å². The van der Waals surface area contributed by atoms with Crippen molar-refractivity contribution in [3.63, 3.8) is 0 Å². The number of rotatable bonds is 2. The Morgan fingerprint density at radius 2 is 2.08 bits per heavy atom. The maximum Gasteiger partial charge on any atom is 0.180 e. The lowest BCUT2D eigenvalue weighted by Crippen LogP contribution is -2.10. The second-order valence-electron chi connectivity index (χ2n) is 3.04. The van der Waals surface area contributed by atoms with Crippen LogP contribution >= 0.6 is 24.2 Å². The summed E-state index contributed by atoms with van der Waals surface area (Å²) in [6, 6.07) is 5.46. The molecule has 0 spiro atoms. The van der Waals surface area contributed by atoms with Gasteiger partial charge in [0.2, 0.25) is 0 Å². The van der Waals surface area contributed by atoms with Gasteiger partial charge in [0, 0.05) is 10.5 Å². The summed E-state index contributed by atoms with van der Waals surface area (Å²) in [5.41, 5.74) is 1.65. The van der Waals surface area contributed by atoms with Gasteiger partial charge in [-0.1, -0.05) is 0 Å². The standard InChI is InChI=1S/C10H11ClOS/c1-6-3-8(5-9(13)4-6)10(12)7(2)11/h3-5,7,13H,1-2H3. The monoisotopic (exact) mass is 214 g/mol. The molecule has 0 bridgehead atoms. The zero-order chi connectivity index (χ0) is 10.0. The number of hydrogen-bond donors (Lipinski definition) is 1. The van der Waals surface area contributed by atoms with Crippen LogP contribution in [0.5, 0.6) is 0 Å². The summed E-state index contributed by atoms with van der Waals surface area (Å²) >= 11 is 9.88. The normalized spacial score (nSPS) is 12.6. The Labute approximate surface area is 88.5 Å². The Balaban J connectivity index is 3.08. The van der Waals surface area contributed by atoms with Gasteiger partial charge in [-0.15, -0.1) is 24.2 Å². The smallest absolute Gasteiger partial charge is 0.180 e.